The topological polar surface area (TPSA) is 74.3 Å². The Bertz CT molecular complexity index is 651. The lowest BCUT2D eigenvalue weighted by Gasteiger charge is -2.26. The van der Waals surface area contributed by atoms with E-state index in [-0.39, 0.29) is 0 Å². The Kier molecular flexibility index (Phi) is 3.75. The molecule has 6 nitrogen and oxygen atoms in total. The first-order chi connectivity index (χ1) is 10.3. The fourth-order valence-corrected chi connectivity index (χ4v) is 2.32. The van der Waals surface area contributed by atoms with Crippen LogP contribution in [0.3, 0.4) is 0 Å². The monoisotopic (exact) mass is 284 g/mol. The van der Waals surface area contributed by atoms with Crippen molar-refractivity contribution in [2.45, 2.75) is 0 Å². The molecule has 1 saturated heterocycles. The molecule has 0 bridgehead atoms. The van der Waals surface area contributed by atoms with Crippen molar-refractivity contribution in [1.29, 1.82) is 5.26 Å². The van der Waals surface area contributed by atoms with Gasteiger partial charge < -0.3 is 19.4 Å². The van der Waals surface area contributed by atoms with Gasteiger partial charge in [0.25, 0.3) is 0 Å². The van der Waals surface area contributed by atoms with Gasteiger partial charge in [-0.2, -0.15) is 10.2 Å². The Balaban J connectivity index is 1.92. The predicted octanol–water partition coefficient (Wildman–Crippen LogP) is 1.63. The third-order valence-corrected chi connectivity index (χ3v) is 3.46. The highest BCUT2D eigenvalue weighted by Crippen LogP contribution is 2.29. The normalized spacial score (nSPS) is 14.8. The molecule has 0 unspecified atom stereocenters. The first-order valence-electron chi connectivity index (χ1n) is 6.83. The average Bonchev–Trinajstić information content (AvgIpc) is 3.00. The van der Waals surface area contributed by atoms with Crippen molar-refractivity contribution < 1.29 is 9.15 Å². The van der Waals surface area contributed by atoms with Crippen LogP contribution in [0, 0.1) is 11.3 Å². The molecular formula is C15H16N4O2. The second-order valence-corrected chi connectivity index (χ2v) is 4.75. The van der Waals surface area contributed by atoms with Gasteiger partial charge in [-0.1, -0.05) is 0 Å². The van der Waals surface area contributed by atoms with Crippen molar-refractivity contribution >= 4 is 5.88 Å². The summed E-state index contributed by atoms with van der Waals surface area (Å²) >= 11 is 0. The molecule has 2 aromatic rings. The number of anilines is 1. The molecule has 0 atom stereocenters. The van der Waals surface area contributed by atoms with Crippen LogP contribution in [0.2, 0.25) is 0 Å². The van der Waals surface area contributed by atoms with E-state index < -0.39 is 0 Å². The number of oxazole rings is 1. The lowest BCUT2D eigenvalue weighted by molar-refractivity contribution is 0.415. The number of nitrogens with one attached hydrogen (secondary N) is 1. The molecule has 0 amide bonds. The molecule has 1 aliphatic rings. The number of rotatable bonds is 3. The maximum atomic E-state index is 9.26. The molecular weight excluding hydrogens is 268 g/mol. The van der Waals surface area contributed by atoms with Gasteiger partial charge in [0.15, 0.2) is 0 Å². The van der Waals surface area contributed by atoms with Crippen LogP contribution >= 0.6 is 0 Å². The van der Waals surface area contributed by atoms with E-state index in [9.17, 15) is 5.26 Å². The molecule has 0 spiro atoms. The van der Waals surface area contributed by atoms with Crippen LogP contribution in [0.4, 0.5) is 5.88 Å². The van der Waals surface area contributed by atoms with Crippen molar-refractivity contribution in [3.8, 4) is 23.3 Å². The van der Waals surface area contributed by atoms with Crippen molar-refractivity contribution in [1.82, 2.24) is 10.3 Å². The molecule has 0 aliphatic carbocycles. The molecule has 1 aromatic carbocycles. The lowest BCUT2D eigenvalue weighted by atomic mass is 10.2. The number of hydrogen-bond acceptors (Lipinski definition) is 6. The molecule has 1 aromatic heterocycles. The molecule has 108 valence electrons. The number of aromatic nitrogens is 1. The number of ether oxygens (including phenoxy) is 1. The quantitative estimate of drug-likeness (QED) is 0.923. The van der Waals surface area contributed by atoms with Crippen LogP contribution < -0.4 is 15.0 Å². The van der Waals surface area contributed by atoms with Gasteiger partial charge in [0.1, 0.15) is 11.8 Å². The van der Waals surface area contributed by atoms with E-state index in [2.05, 4.69) is 21.3 Å². The zero-order valence-corrected chi connectivity index (χ0v) is 11.8. The maximum Gasteiger partial charge on any atom is 0.235 e. The van der Waals surface area contributed by atoms with Gasteiger partial charge >= 0.3 is 0 Å². The molecule has 2 heterocycles. The second kappa shape index (κ2) is 5.85. The van der Waals surface area contributed by atoms with Gasteiger partial charge in [-0.05, 0) is 24.3 Å². The summed E-state index contributed by atoms with van der Waals surface area (Å²) in [4.78, 5) is 6.35. The van der Waals surface area contributed by atoms with Crippen LogP contribution in [0.5, 0.6) is 5.75 Å². The van der Waals surface area contributed by atoms with E-state index in [1.165, 1.54) is 0 Å². The fourth-order valence-electron chi connectivity index (χ4n) is 2.32. The summed E-state index contributed by atoms with van der Waals surface area (Å²) in [6.45, 7) is 3.38. The zero-order chi connectivity index (χ0) is 14.7. The molecule has 21 heavy (non-hydrogen) atoms. The van der Waals surface area contributed by atoms with Crippen LogP contribution in [0.1, 0.15) is 5.69 Å². The summed E-state index contributed by atoms with van der Waals surface area (Å²) in [6.07, 6.45) is 0. The van der Waals surface area contributed by atoms with Gasteiger partial charge in [-0.25, -0.2) is 0 Å². The Morgan fingerprint density at radius 2 is 2.00 bits per heavy atom. The number of nitriles is 1. The summed E-state index contributed by atoms with van der Waals surface area (Å²) in [5, 5.41) is 12.5. The third kappa shape index (κ3) is 2.69. The SMILES string of the molecule is COc1ccc(-c2nc(C#N)c(N3CCNCC3)o2)cc1. The van der Waals surface area contributed by atoms with Crippen molar-refractivity contribution in [3.63, 3.8) is 0 Å². The minimum Gasteiger partial charge on any atom is -0.497 e. The molecule has 0 radical (unpaired) electrons. The zero-order valence-electron chi connectivity index (χ0n) is 11.8. The predicted molar refractivity (Wildman–Crippen MR) is 78.3 cm³/mol. The number of methoxy groups -OCH3 is 1. The Morgan fingerprint density at radius 3 is 2.62 bits per heavy atom. The van der Waals surface area contributed by atoms with E-state index >= 15 is 0 Å². The molecule has 6 heteroatoms. The van der Waals surface area contributed by atoms with E-state index in [1.807, 2.05) is 24.3 Å². The number of hydrogen-bond donors (Lipinski definition) is 1. The van der Waals surface area contributed by atoms with Crippen LogP contribution in [-0.2, 0) is 0 Å². The van der Waals surface area contributed by atoms with Crippen molar-refractivity contribution in [2.75, 3.05) is 38.2 Å². The number of benzene rings is 1. The minimum absolute atomic E-state index is 0.336. The molecule has 0 saturated carbocycles. The Labute approximate surface area is 123 Å². The molecule has 3 rings (SSSR count). The maximum absolute atomic E-state index is 9.26. The first-order valence-corrected chi connectivity index (χ1v) is 6.83. The van der Waals surface area contributed by atoms with Gasteiger partial charge in [0.2, 0.25) is 17.5 Å². The second-order valence-electron chi connectivity index (χ2n) is 4.75. The minimum atomic E-state index is 0.336. The number of nitrogens with zero attached hydrogens (tertiary/aromatic N) is 3. The molecule has 1 fully saturated rings. The Hall–Kier alpha value is -2.52. The van der Waals surface area contributed by atoms with Gasteiger partial charge in [-0.15, -0.1) is 0 Å². The largest absolute Gasteiger partial charge is 0.497 e. The van der Waals surface area contributed by atoms with Crippen LogP contribution in [-0.4, -0.2) is 38.3 Å². The first kappa shape index (κ1) is 13.5. The molecule has 1 N–H and O–H groups in total. The van der Waals surface area contributed by atoms with E-state index in [0.717, 1.165) is 37.5 Å². The smallest absolute Gasteiger partial charge is 0.235 e. The lowest BCUT2D eigenvalue weighted by Crippen LogP contribution is -2.43. The summed E-state index contributed by atoms with van der Waals surface area (Å²) < 4.78 is 11.0. The van der Waals surface area contributed by atoms with Crippen LogP contribution in [0.25, 0.3) is 11.5 Å². The molecule has 1 aliphatic heterocycles. The average molecular weight is 284 g/mol. The van der Waals surface area contributed by atoms with Gasteiger partial charge in [-0.3, -0.25) is 0 Å². The van der Waals surface area contributed by atoms with E-state index in [4.69, 9.17) is 9.15 Å². The van der Waals surface area contributed by atoms with Gasteiger partial charge in [0.05, 0.1) is 7.11 Å². The van der Waals surface area contributed by atoms with Crippen molar-refractivity contribution in [2.24, 2.45) is 0 Å². The highest BCUT2D eigenvalue weighted by Gasteiger charge is 2.21. The fraction of sp³-hybridized carbons (Fsp3) is 0.333. The summed E-state index contributed by atoms with van der Waals surface area (Å²) in [5.74, 6) is 1.79. The third-order valence-electron chi connectivity index (χ3n) is 3.46. The van der Waals surface area contributed by atoms with E-state index in [1.54, 1.807) is 7.11 Å². The standard InChI is InChI=1S/C15H16N4O2/c1-20-12-4-2-11(3-5-12)14-18-13(10-16)15(21-14)19-8-6-17-7-9-19/h2-5,17H,6-9H2,1H3. The van der Waals surface area contributed by atoms with Crippen molar-refractivity contribution in [3.05, 3.63) is 30.0 Å². The highest BCUT2D eigenvalue weighted by atomic mass is 16.5. The summed E-state index contributed by atoms with van der Waals surface area (Å²) in [6, 6.07) is 9.54. The summed E-state index contributed by atoms with van der Waals surface area (Å²) in [7, 11) is 1.62. The summed E-state index contributed by atoms with van der Waals surface area (Å²) in [5.41, 5.74) is 1.16. The van der Waals surface area contributed by atoms with Crippen LogP contribution in [0.15, 0.2) is 28.7 Å². The van der Waals surface area contributed by atoms with Gasteiger partial charge in [0, 0.05) is 31.7 Å². The number of piperazine rings is 1. The highest BCUT2D eigenvalue weighted by molar-refractivity contribution is 5.60. The Morgan fingerprint density at radius 1 is 1.29 bits per heavy atom. The van der Waals surface area contributed by atoms with E-state index in [0.29, 0.717) is 17.5 Å².